The van der Waals surface area contributed by atoms with Crippen LogP contribution in [0.15, 0.2) is 12.1 Å². The lowest BCUT2D eigenvalue weighted by molar-refractivity contribution is 0.687. The van der Waals surface area contributed by atoms with Gasteiger partial charge in [0.25, 0.3) is 0 Å². The van der Waals surface area contributed by atoms with Crippen molar-refractivity contribution in [1.29, 1.82) is 0 Å². The number of hydrogen-bond acceptors (Lipinski definition) is 2. The summed E-state index contributed by atoms with van der Waals surface area (Å²) in [5, 5.41) is 4.12. The number of thioether (sulfide) groups is 1. The van der Waals surface area contributed by atoms with E-state index in [-0.39, 0.29) is 0 Å². The lowest BCUT2D eigenvalue weighted by atomic mass is 9.98. The maximum absolute atomic E-state index is 3.47. The van der Waals surface area contributed by atoms with Crippen LogP contribution < -0.4 is 5.32 Å². The molecule has 1 N–H and O–H groups in total. The summed E-state index contributed by atoms with van der Waals surface area (Å²) in [4.78, 5) is 0. The number of nitrogens with one attached hydrogen (secondary N) is 1. The first-order valence-corrected chi connectivity index (χ1v) is 6.63. The van der Waals surface area contributed by atoms with Crippen LogP contribution in [-0.2, 0) is 0 Å². The minimum absolute atomic E-state index is 0.651. The minimum Gasteiger partial charge on any atom is -0.314 e. The van der Waals surface area contributed by atoms with Crippen molar-refractivity contribution in [2.75, 3.05) is 18.8 Å². The van der Waals surface area contributed by atoms with Gasteiger partial charge in [-0.05, 0) is 43.0 Å². The van der Waals surface area contributed by atoms with Gasteiger partial charge in [0.05, 0.1) is 0 Å². The Morgan fingerprint density at radius 2 is 1.87 bits per heavy atom. The lowest BCUT2D eigenvalue weighted by Crippen LogP contribution is -2.28. The zero-order valence-corrected chi connectivity index (χ0v) is 10.6. The molecule has 1 aliphatic heterocycles. The Morgan fingerprint density at radius 3 is 2.53 bits per heavy atom. The Labute approximate surface area is 96.7 Å². The summed E-state index contributed by atoms with van der Waals surface area (Å²) < 4.78 is 0. The zero-order chi connectivity index (χ0) is 10.8. The van der Waals surface area contributed by atoms with Crippen molar-refractivity contribution in [1.82, 2.24) is 5.32 Å². The van der Waals surface area contributed by atoms with Crippen LogP contribution in [0, 0.1) is 20.8 Å². The summed E-state index contributed by atoms with van der Waals surface area (Å²) in [7, 11) is 0. The third kappa shape index (κ3) is 2.37. The van der Waals surface area contributed by atoms with E-state index in [2.05, 4.69) is 50.0 Å². The van der Waals surface area contributed by atoms with Crippen molar-refractivity contribution in [3.8, 4) is 0 Å². The average Bonchev–Trinajstić information content (AvgIpc) is 2.25. The molecule has 2 heteroatoms. The van der Waals surface area contributed by atoms with Crippen LogP contribution in [0.2, 0.25) is 0 Å². The third-order valence-electron chi connectivity index (χ3n) is 3.16. The molecule has 82 valence electrons. The van der Waals surface area contributed by atoms with E-state index in [1.54, 1.807) is 0 Å². The second kappa shape index (κ2) is 4.58. The molecule has 15 heavy (non-hydrogen) atoms. The standard InChI is InChI=1S/C13H19NS/c1-9-6-11(3)12(7-10(9)2)13-8-14-4-5-15-13/h6-7,13-14H,4-5,8H2,1-3H3. The van der Waals surface area contributed by atoms with Crippen LogP contribution in [-0.4, -0.2) is 18.8 Å². The Hall–Kier alpha value is -0.470. The Balaban J connectivity index is 2.30. The third-order valence-corrected chi connectivity index (χ3v) is 4.42. The van der Waals surface area contributed by atoms with Crippen molar-refractivity contribution in [3.05, 3.63) is 34.4 Å². The highest BCUT2D eigenvalue weighted by Crippen LogP contribution is 2.33. The van der Waals surface area contributed by atoms with E-state index in [0.717, 1.165) is 13.1 Å². The summed E-state index contributed by atoms with van der Waals surface area (Å²) >= 11 is 2.08. The van der Waals surface area contributed by atoms with Gasteiger partial charge in [-0.3, -0.25) is 0 Å². The second-order valence-corrected chi connectivity index (χ2v) is 5.67. The van der Waals surface area contributed by atoms with E-state index >= 15 is 0 Å². The fourth-order valence-corrected chi connectivity index (χ4v) is 3.31. The fraction of sp³-hybridized carbons (Fsp3) is 0.538. The SMILES string of the molecule is Cc1cc(C)c(C2CNCCS2)cc1C. The molecule has 1 unspecified atom stereocenters. The van der Waals surface area contributed by atoms with Gasteiger partial charge in [-0.1, -0.05) is 12.1 Å². The number of rotatable bonds is 1. The highest BCUT2D eigenvalue weighted by molar-refractivity contribution is 7.99. The summed E-state index contributed by atoms with van der Waals surface area (Å²) in [6.07, 6.45) is 0. The molecule has 1 fully saturated rings. The van der Waals surface area contributed by atoms with Gasteiger partial charge in [-0.15, -0.1) is 0 Å². The first kappa shape index (κ1) is 11.0. The van der Waals surface area contributed by atoms with Crippen LogP contribution in [0.4, 0.5) is 0 Å². The molecule has 1 aromatic carbocycles. The topological polar surface area (TPSA) is 12.0 Å². The predicted molar refractivity (Wildman–Crippen MR) is 68.7 cm³/mol. The molecular formula is C13H19NS. The van der Waals surface area contributed by atoms with E-state index in [1.807, 2.05) is 0 Å². The van der Waals surface area contributed by atoms with Gasteiger partial charge in [0.1, 0.15) is 0 Å². The van der Waals surface area contributed by atoms with Crippen LogP contribution in [0.1, 0.15) is 27.5 Å². The summed E-state index contributed by atoms with van der Waals surface area (Å²) in [5.41, 5.74) is 5.79. The normalized spacial score (nSPS) is 21.7. The van der Waals surface area contributed by atoms with Crippen molar-refractivity contribution in [3.63, 3.8) is 0 Å². The second-order valence-electron chi connectivity index (χ2n) is 4.36. The zero-order valence-electron chi connectivity index (χ0n) is 9.76. The molecule has 0 saturated carbocycles. The molecule has 0 spiro atoms. The van der Waals surface area contributed by atoms with Gasteiger partial charge < -0.3 is 5.32 Å². The van der Waals surface area contributed by atoms with Gasteiger partial charge in [0, 0.05) is 24.1 Å². The Morgan fingerprint density at radius 1 is 1.13 bits per heavy atom. The largest absolute Gasteiger partial charge is 0.314 e. The smallest absolute Gasteiger partial charge is 0.0425 e. The van der Waals surface area contributed by atoms with Gasteiger partial charge in [-0.25, -0.2) is 0 Å². The molecule has 0 aliphatic carbocycles. The van der Waals surface area contributed by atoms with Crippen LogP contribution in [0.5, 0.6) is 0 Å². The highest BCUT2D eigenvalue weighted by atomic mass is 32.2. The van der Waals surface area contributed by atoms with E-state index < -0.39 is 0 Å². The fourth-order valence-electron chi connectivity index (χ4n) is 2.09. The van der Waals surface area contributed by atoms with Crippen molar-refractivity contribution >= 4 is 11.8 Å². The minimum atomic E-state index is 0.651. The summed E-state index contributed by atoms with van der Waals surface area (Å²) in [5.74, 6) is 1.23. The maximum Gasteiger partial charge on any atom is 0.0425 e. The van der Waals surface area contributed by atoms with Crippen LogP contribution in [0.3, 0.4) is 0 Å². The van der Waals surface area contributed by atoms with Crippen molar-refractivity contribution in [2.45, 2.75) is 26.0 Å². The molecule has 2 rings (SSSR count). The number of hydrogen-bond donors (Lipinski definition) is 1. The first-order valence-electron chi connectivity index (χ1n) is 5.58. The number of aryl methyl sites for hydroxylation is 3. The molecule has 1 heterocycles. The Kier molecular flexibility index (Phi) is 3.37. The molecule has 0 bridgehead atoms. The Bertz CT molecular complexity index is 354. The van der Waals surface area contributed by atoms with Crippen molar-refractivity contribution in [2.24, 2.45) is 0 Å². The van der Waals surface area contributed by atoms with E-state index in [1.165, 1.54) is 28.0 Å². The number of benzene rings is 1. The first-order chi connectivity index (χ1) is 7.18. The van der Waals surface area contributed by atoms with Gasteiger partial charge >= 0.3 is 0 Å². The maximum atomic E-state index is 3.47. The van der Waals surface area contributed by atoms with Gasteiger partial charge in [0.2, 0.25) is 0 Å². The molecule has 0 aromatic heterocycles. The quantitative estimate of drug-likeness (QED) is 0.782. The van der Waals surface area contributed by atoms with E-state index in [4.69, 9.17) is 0 Å². The molecule has 1 nitrogen and oxygen atoms in total. The summed E-state index contributed by atoms with van der Waals surface area (Å²) in [6, 6.07) is 4.69. The molecule has 1 atom stereocenters. The van der Waals surface area contributed by atoms with E-state index in [9.17, 15) is 0 Å². The van der Waals surface area contributed by atoms with Crippen molar-refractivity contribution < 1.29 is 0 Å². The average molecular weight is 221 g/mol. The molecule has 0 radical (unpaired) electrons. The monoisotopic (exact) mass is 221 g/mol. The summed E-state index contributed by atoms with van der Waals surface area (Å²) in [6.45, 7) is 8.91. The molecule has 0 amide bonds. The van der Waals surface area contributed by atoms with Crippen LogP contribution >= 0.6 is 11.8 Å². The predicted octanol–water partition coefficient (Wildman–Crippen LogP) is 2.99. The molecule has 1 aliphatic rings. The van der Waals surface area contributed by atoms with E-state index in [0.29, 0.717) is 5.25 Å². The molecule has 1 saturated heterocycles. The molecular weight excluding hydrogens is 202 g/mol. The van der Waals surface area contributed by atoms with Gasteiger partial charge in [0.15, 0.2) is 0 Å². The van der Waals surface area contributed by atoms with Gasteiger partial charge in [-0.2, -0.15) is 11.8 Å². The highest BCUT2D eigenvalue weighted by Gasteiger charge is 2.17. The lowest BCUT2D eigenvalue weighted by Gasteiger charge is -2.25. The van der Waals surface area contributed by atoms with Crippen LogP contribution in [0.25, 0.3) is 0 Å². The molecule has 1 aromatic rings.